The molecular formula is C14H20N4. The minimum atomic E-state index is 1.11. The Hall–Kier alpha value is -1.39. The van der Waals surface area contributed by atoms with Crippen LogP contribution in [0.2, 0.25) is 0 Å². The molecule has 18 heavy (non-hydrogen) atoms. The normalized spacial score (nSPS) is 17.4. The molecule has 0 amide bonds. The molecule has 4 nitrogen and oxygen atoms in total. The molecule has 1 aromatic carbocycles. The largest absolute Gasteiger partial charge is 0.334 e. The summed E-state index contributed by atoms with van der Waals surface area (Å²) in [6, 6.07) is 6.43. The third kappa shape index (κ3) is 2.26. The molecule has 4 heteroatoms. The molecule has 1 N–H and O–H groups in total. The Labute approximate surface area is 108 Å². The predicted octanol–water partition coefficient (Wildman–Crippen LogP) is 1.02. The molecule has 0 atom stereocenters. The molecule has 1 aliphatic heterocycles. The fourth-order valence-corrected chi connectivity index (χ4v) is 2.71. The number of benzene rings is 1. The highest BCUT2D eigenvalue weighted by molar-refractivity contribution is 5.78. The molecule has 96 valence electrons. The topological polar surface area (TPSA) is 33.1 Å². The molecule has 1 fully saturated rings. The fourth-order valence-electron chi connectivity index (χ4n) is 2.71. The van der Waals surface area contributed by atoms with Crippen molar-refractivity contribution in [1.29, 1.82) is 0 Å². The second-order valence-electron chi connectivity index (χ2n) is 4.98. The number of hydrogen-bond donors (Lipinski definition) is 1. The highest BCUT2D eigenvalue weighted by Gasteiger charge is 2.11. The molecule has 1 aromatic heterocycles. The van der Waals surface area contributed by atoms with Crippen molar-refractivity contribution < 1.29 is 0 Å². The monoisotopic (exact) mass is 244 g/mol. The van der Waals surface area contributed by atoms with Crippen LogP contribution >= 0.6 is 0 Å². The number of rotatable bonds is 3. The zero-order valence-corrected chi connectivity index (χ0v) is 10.9. The van der Waals surface area contributed by atoms with E-state index in [0.717, 1.165) is 31.6 Å². The van der Waals surface area contributed by atoms with Gasteiger partial charge in [-0.2, -0.15) is 0 Å². The van der Waals surface area contributed by atoms with Crippen LogP contribution < -0.4 is 5.32 Å². The maximum atomic E-state index is 4.41. The number of imidazole rings is 1. The Bertz CT molecular complexity index is 526. The van der Waals surface area contributed by atoms with Crippen LogP contribution in [0.5, 0.6) is 0 Å². The van der Waals surface area contributed by atoms with Gasteiger partial charge in [0, 0.05) is 39.8 Å². The first-order valence-electron chi connectivity index (χ1n) is 6.66. The van der Waals surface area contributed by atoms with Crippen molar-refractivity contribution in [1.82, 2.24) is 19.8 Å². The lowest BCUT2D eigenvalue weighted by Gasteiger charge is -2.27. The smallest absolute Gasteiger partial charge is 0.0955 e. The van der Waals surface area contributed by atoms with E-state index in [0.29, 0.717) is 0 Å². The van der Waals surface area contributed by atoms with Crippen molar-refractivity contribution in [2.45, 2.75) is 6.42 Å². The lowest BCUT2D eigenvalue weighted by molar-refractivity contribution is 0.244. The van der Waals surface area contributed by atoms with Gasteiger partial charge in [-0.25, -0.2) is 4.98 Å². The number of aromatic nitrogens is 2. The van der Waals surface area contributed by atoms with Gasteiger partial charge in [-0.1, -0.05) is 12.1 Å². The number of fused-ring (bicyclic) bond motifs is 1. The molecule has 0 spiro atoms. The van der Waals surface area contributed by atoms with Crippen LogP contribution in [0.3, 0.4) is 0 Å². The lowest BCUT2D eigenvalue weighted by Crippen LogP contribution is -2.44. The summed E-state index contributed by atoms with van der Waals surface area (Å²) in [6.45, 7) is 5.72. The van der Waals surface area contributed by atoms with E-state index >= 15 is 0 Å². The second-order valence-corrected chi connectivity index (χ2v) is 4.98. The molecule has 1 aliphatic rings. The maximum absolute atomic E-state index is 4.41. The molecule has 0 radical (unpaired) electrons. The molecule has 2 aromatic rings. The zero-order valence-electron chi connectivity index (χ0n) is 10.9. The summed E-state index contributed by atoms with van der Waals surface area (Å²) in [5, 5.41) is 3.39. The van der Waals surface area contributed by atoms with E-state index in [1.165, 1.54) is 24.2 Å². The Morgan fingerprint density at radius 1 is 1.28 bits per heavy atom. The zero-order chi connectivity index (χ0) is 12.4. The van der Waals surface area contributed by atoms with Crippen LogP contribution in [0.4, 0.5) is 0 Å². The average Bonchev–Trinajstić information content (AvgIpc) is 2.80. The van der Waals surface area contributed by atoms with Crippen molar-refractivity contribution in [3.8, 4) is 0 Å². The van der Waals surface area contributed by atoms with Crippen LogP contribution in [0.1, 0.15) is 5.56 Å². The van der Waals surface area contributed by atoms with Gasteiger partial charge in [0.1, 0.15) is 0 Å². The lowest BCUT2D eigenvalue weighted by atomic mass is 10.1. The van der Waals surface area contributed by atoms with E-state index in [9.17, 15) is 0 Å². The quantitative estimate of drug-likeness (QED) is 0.875. The maximum Gasteiger partial charge on any atom is 0.0955 e. The molecule has 0 aliphatic carbocycles. The standard InChI is InChI=1S/C14H20N4/c1-17-11-16-13-4-2-3-12(14(13)17)5-8-18-9-6-15-7-10-18/h2-4,11,15H,5-10H2,1H3. The van der Waals surface area contributed by atoms with Crippen LogP contribution in [0.25, 0.3) is 11.0 Å². The summed E-state index contributed by atoms with van der Waals surface area (Å²) >= 11 is 0. The molecule has 3 rings (SSSR count). The summed E-state index contributed by atoms with van der Waals surface area (Å²) in [5.41, 5.74) is 3.80. The number of piperazine rings is 1. The van der Waals surface area contributed by atoms with E-state index in [1.54, 1.807) is 0 Å². The number of nitrogens with zero attached hydrogens (tertiary/aromatic N) is 3. The highest BCUT2D eigenvalue weighted by Crippen LogP contribution is 2.17. The van der Waals surface area contributed by atoms with Crippen LogP contribution in [0, 0.1) is 0 Å². The average molecular weight is 244 g/mol. The Morgan fingerprint density at radius 2 is 2.11 bits per heavy atom. The van der Waals surface area contributed by atoms with E-state index in [1.807, 2.05) is 6.33 Å². The van der Waals surface area contributed by atoms with Gasteiger partial charge in [-0.3, -0.25) is 0 Å². The summed E-state index contributed by atoms with van der Waals surface area (Å²) in [7, 11) is 2.07. The van der Waals surface area contributed by atoms with Gasteiger partial charge in [0.25, 0.3) is 0 Å². The molecule has 0 saturated carbocycles. The van der Waals surface area contributed by atoms with Gasteiger partial charge in [-0.15, -0.1) is 0 Å². The number of hydrogen-bond acceptors (Lipinski definition) is 3. The Balaban J connectivity index is 1.75. The third-order valence-corrected chi connectivity index (χ3v) is 3.73. The van der Waals surface area contributed by atoms with E-state index < -0.39 is 0 Å². The molecule has 0 bridgehead atoms. The molecule has 0 unspecified atom stereocenters. The van der Waals surface area contributed by atoms with Crippen LogP contribution in [-0.4, -0.2) is 47.2 Å². The minimum Gasteiger partial charge on any atom is -0.334 e. The van der Waals surface area contributed by atoms with E-state index in [-0.39, 0.29) is 0 Å². The van der Waals surface area contributed by atoms with Crippen molar-refractivity contribution in [3.63, 3.8) is 0 Å². The van der Waals surface area contributed by atoms with Gasteiger partial charge < -0.3 is 14.8 Å². The van der Waals surface area contributed by atoms with Gasteiger partial charge >= 0.3 is 0 Å². The van der Waals surface area contributed by atoms with E-state index in [4.69, 9.17) is 0 Å². The SMILES string of the molecule is Cn1cnc2cccc(CCN3CCNCC3)c21. The van der Waals surface area contributed by atoms with Crippen LogP contribution in [-0.2, 0) is 13.5 Å². The first kappa shape index (κ1) is 11.7. The summed E-state index contributed by atoms with van der Waals surface area (Å²) in [6.07, 6.45) is 3.01. The summed E-state index contributed by atoms with van der Waals surface area (Å²) in [4.78, 5) is 6.95. The fraction of sp³-hybridized carbons (Fsp3) is 0.500. The van der Waals surface area contributed by atoms with Crippen molar-refractivity contribution in [2.75, 3.05) is 32.7 Å². The second kappa shape index (κ2) is 5.08. The van der Waals surface area contributed by atoms with Gasteiger partial charge in [0.2, 0.25) is 0 Å². The predicted molar refractivity (Wildman–Crippen MR) is 73.7 cm³/mol. The highest BCUT2D eigenvalue weighted by atomic mass is 15.2. The third-order valence-electron chi connectivity index (χ3n) is 3.73. The van der Waals surface area contributed by atoms with Crippen LogP contribution in [0.15, 0.2) is 24.5 Å². The van der Waals surface area contributed by atoms with Gasteiger partial charge in [0.05, 0.1) is 17.4 Å². The van der Waals surface area contributed by atoms with E-state index in [2.05, 4.69) is 45.0 Å². The first-order chi connectivity index (χ1) is 8.84. The van der Waals surface area contributed by atoms with Gasteiger partial charge in [0.15, 0.2) is 0 Å². The number of nitrogens with one attached hydrogen (secondary N) is 1. The Morgan fingerprint density at radius 3 is 2.94 bits per heavy atom. The van der Waals surface area contributed by atoms with Crippen molar-refractivity contribution in [3.05, 3.63) is 30.1 Å². The summed E-state index contributed by atoms with van der Waals surface area (Å²) < 4.78 is 2.13. The molecular weight excluding hydrogens is 224 g/mol. The van der Waals surface area contributed by atoms with Crippen molar-refractivity contribution in [2.24, 2.45) is 7.05 Å². The summed E-state index contributed by atoms with van der Waals surface area (Å²) in [5.74, 6) is 0. The molecule has 1 saturated heterocycles. The first-order valence-corrected chi connectivity index (χ1v) is 6.66. The van der Waals surface area contributed by atoms with Gasteiger partial charge in [-0.05, 0) is 18.1 Å². The minimum absolute atomic E-state index is 1.11. The number of para-hydroxylation sites is 1. The Kier molecular flexibility index (Phi) is 3.30. The van der Waals surface area contributed by atoms with Crippen molar-refractivity contribution >= 4 is 11.0 Å². The molecule has 2 heterocycles. The number of aryl methyl sites for hydroxylation is 1.